The van der Waals surface area contributed by atoms with Crippen LogP contribution in [0.15, 0.2) is 40.9 Å². The maximum atomic E-state index is 13.7. The van der Waals surface area contributed by atoms with Gasteiger partial charge in [0.1, 0.15) is 0 Å². The first-order chi connectivity index (χ1) is 19.6. The van der Waals surface area contributed by atoms with Gasteiger partial charge in [-0.1, -0.05) is 29.8 Å². The molecule has 0 aliphatic carbocycles. The Morgan fingerprint density at radius 2 is 1.63 bits per heavy atom. The third-order valence-electron chi connectivity index (χ3n) is 9.15. The van der Waals surface area contributed by atoms with Crippen molar-refractivity contribution >= 4 is 50.9 Å². The number of piperidine rings is 1. The van der Waals surface area contributed by atoms with Gasteiger partial charge in [-0.2, -0.15) is 0 Å². The second-order valence-corrected chi connectivity index (χ2v) is 13.2. The van der Waals surface area contributed by atoms with Gasteiger partial charge in [0.2, 0.25) is 11.8 Å². The molecule has 0 N–H and O–H groups in total. The highest BCUT2D eigenvalue weighted by molar-refractivity contribution is 9.10. The summed E-state index contributed by atoms with van der Waals surface area (Å²) < 4.78 is 0.891. The van der Waals surface area contributed by atoms with Crippen LogP contribution in [0.4, 0.5) is 5.69 Å². The summed E-state index contributed by atoms with van der Waals surface area (Å²) in [6, 6.07) is 11.7. The van der Waals surface area contributed by atoms with Crippen molar-refractivity contribution in [2.45, 2.75) is 40.0 Å². The molecule has 9 heteroatoms. The fourth-order valence-corrected chi connectivity index (χ4v) is 7.26. The van der Waals surface area contributed by atoms with E-state index >= 15 is 0 Å². The molecular weight excluding hydrogens is 604 g/mol. The van der Waals surface area contributed by atoms with E-state index in [1.165, 1.54) is 0 Å². The number of anilines is 1. The molecule has 2 unspecified atom stereocenters. The van der Waals surface area contributed by atoms with Crippen molar-refractivity contribution in [3.63, 3.8) is 0 Å². The zero-order valence-electron chi connectivity index (χ0n) is 24.2. The number of hydrogen-bond acceptors (Lipinski definition) is 4. The molecule has 0 saturated carbocycles. The summed E-state index contributed by atoms with van der Waals surface area (Å²) in [7, 11) is 0. The van der Waals surface area contributed by atoms with Crippen LogP contribution in [-0.4, -0.2) is 84.8 Å². The lowest BCUT2D eigenvalue weighted by Crippen LogP contribution is -2.44. The van der Waals surface area contributed by atoms with E-state index in [0.29, 0.717) is 49.3 Å². The Hall–Kier alpha value is -2.42. The average Bonchev–Trinajstić information content (AvgIpc) is 3.53. The minimum Gasteiger partial charge on any atom is -0.343 e. The summed E-state index contributed by atoms with van der Waals surface area (Å²) >= 11 is 10.1. The number of hydrogen-bond donors (Lipinski definition) is 0. The monoisotopic (exact) mass is 642 g/mol. The quantitative estimate of drug-likeness (QED) is 0.405. The van der Waals surface area contributed by atoms with Crippen LogP contribution in [0.3, 0.4) is 0 Å². The number of aryl methyl sites for hydroxylation is 2. The second-order valence-electron chi connectivity index (χ2n) is 12.0. The van der Waals surface area contributed by atoms with Crippen molar-refractivity contribution in [3.05, 3.63) is 62.6 Å². The summed E-state index contributed by atoms with van der Waals surface area (Å²) in [4.78, 5) is 47.0. The highest BCUT2D eigenvalue weighted by Crippen LogP contribution is 2.34. The minimum atomic E-state index is -0.0891. The van der Waals surface area contributed by atoms with Crippen LogP contribution in [0.25, 0.3) is 0 Å². The first kappa shape index (κ1) is 30.1. The van der Waals surface area contributed by atoms with E-state index in [1.54, 1.807) is 6.92 Å². The smallest absolute Gasteiger partial charge is 0.255 e. The predicted octanol–water partition coefficient (Wildman–Crippen LogP) is 5.40. The van der Waals surface area contributed by atoms with Crippen molar-refractivity contribution in [2.75, 3.05) is 57.3 Å². The van der Waals surface area contributed by atoms with Crippen molar-refractivity contribution in [1.29, 1.82) is 0 Å². The Labute approximate surface area is 256 Å². The molecule has 41 heavy (non-hydrogen) atoms. The van der Waals surface area contributed by atoms with E-state index in [9.17, 15) is 14.4 Å². The molecular formula is C32H40BrClN4O3. The van der Waals surface area contributed by atoms with Crippen molar-refractivity contribution < 1.29 is 14.4 Å². The van der Waals surface area contributed by atoms with Gasteiger partial charge in [0.05, 0.1) is 5.56 Å². The number of benzene rings is 2. The van der Waals surface area contributed by atoms with Gasteiger partial charge in [-0.15, -0.1) is 0 Å². The zero-order chi connectivity index (χ0) is 29.3. The standard InChI is InChI=1S/C32H40BrClN4O3/c1-21-8-9-27(16-29(21)34)38(31(40)24-10-14-36(15-11-24)23(3)39)13-5-12-35-17-25-19-37(20-26(25)18-35)32(41)28-7-4-6-22(2)30(28)33/h4,6-9,16,24-26H,5,10-15,17-20H2,1-3H3. The fourth-order valence-electron chi connectivity index (χ4n) is 6.65. The van der Waals surface area contributed by atoms with Crippen LogP contribution in [0.5, 0.6) is 0 Å². The van der Waals surface area contributed by atoms with Gasteiger partial charge in [-0.25, -0.2) is 0 Å². The number of rotatable bonds is 7. The molecule has 2 atom stereocenters. The molecule has 2 aromatic rings. The maximum Gasteiger partial charge on any atom is 0.255 e. The van der Waals surface area contributed by atoms with Crippen LogP contribution in [-0.2, 0) is 9.59 Å². The molecule has 0 bridgehead atoms. The number of fused-ring (bicyclic) bond motifs is 1. The van der Waals surface area contributed by atoms with Crippen LogP contribution >= 0.6 is 27.5 Å². The highest BCUT2D eigenvalue weighted by Gasteiger charge is 2.42. The van der Waals surface area contributed by atoms with E-state index in [4.69, 9.17) is 11.6 Å². The molecule has 2 aromatic carbocycles. The molecule has 3 aliphatic heterocycles. The molecule has 5 rings (SSSR count). The number of amides is 3. The Morgan fingerprint density at radius 1 is 0.951 bits per heavy atom. The summed E-state index contributed by atoms with van der Waals surface area (Å²) in [5, 5.41) is 0.663. The van der Waals surface area contributed by atoms with Gasteiger partial charge in [0.25, 0.3) is 5.91 Å². The van der Waals surface area contributed by atoms with Gasteiger partial charge < -0.3 is 19.6 Å². The summed E-state index contributed by atoms with van der Waals surface area (Å²) in [5.41, 5.74) is 3.65. The lowest BCUT2D eigenvalue weighted by Gasteiger charge is -2.34. The summed E-state index contributed by atoms with van der Waals surface area (Å²) in [5.74, 6) is 1.20. The third kappa shape index (κ3) is 6.65. The van der Waals surface area contributed by atoms with Gasteiger partial charge >= 0.3 is 0 Å². The summed E-state index contributed by atoms with van der Waals surface area (Å²) in [6.07, 6.45) is 2.25. The van der Waals surface area contributed by atoms with Crippen LogP contribution < -0.4 is 4.90 Å². The van der Waals surface area contributed by atoms with Crippen molar-refractivity contribution in [1.82, 2.24) is 14.7 Å². The molecule has 3 heterocycles. The molecule has 7 nitrogen and oxygen atoms in total. The molecule has 3 saturated heterocycles. The van der Waals surface area contributed by atoms with E-state index < -0.39 is 0 Å². The van der Waals surface area contributed by atoms with Gasteiger partial charge in [0, 0.05) is 73.8 Å². The van der Waals surface area contributed by atoms with Gasteiger partial charge in [0.15, 0.2) is 0 Å². The maximum absolute atomic E-state index is 13.7. The highest BCUT2D eigenvalue weighted by atomic mass is 79.9. The van der Waals surface area contributed by atoms with Crippen LogP contribution in [0, 0.1) is 31.6 Å². The zero-order valence-corrected chi connectivity index (χ0v) is 26.6. The number of nitrogens with zero attached hydrogens (tertiary/aromatic N) is 4. The lowest BCUT2D eigenvalue weighted by atomic mass is 9.94. The number of carbonyl (C=O) groups excluding carboxylic acids is 3. The molecule has 0 radical (unpaired) electrons. The normalized spacial score (nSPS) is 21.3. The fraction of sp³-hybridized carbons (Fsp3) is 0.531. The Morgan fingerprint density at radius 3 is 2.27 bits per heavy atom. The molecule has 3 fully saturated rings. The molecule has 3 amide bonds. The van der Waals surface area contributed by atoms with Crippen LogP contribution in [0.1, 0.15) is 47.7 Å². The topological polar surface area (TPSA) is 64.2 Å². The second kappa shape index (κ2) is 12.8. The van der Waals surface area contributed by atoms with E-state index in [1.807, 2.05) is 64.9 Å². The van der Waals surface area contributed by atoms with E-state index in [2.05, 4.69) is 20.8 Å². The summed E-state index contributed by atoms with van der Waals surface area (Å²) in [6.45, 7) is 11.9. The Bertz CT molecular complexity index is 1300. The van der Waals surface area contributed by atoms with Gasteiger partial charge in [-0.3, -0.25) is 14.4 Å². The average molecular weight is 644 g/mol. The first-order valence-corrected chi connectivity index (χ1v) is 15.9. The first-order valence-electron chi connectivity index (χ1n) is 14.7. The minimum absolute atomic E-state index is 0.0731. The molecule has 3 aliphatic rings. The Balaban J connectivity index is 1.17. The molecule has 0 spiro atoms. The SMILES string of the molecule is CC(=O)N1CCC(C(=O)N(CCCN2CC3CN(C(=O)c4cccc(C)c4Br)CC3C2)c2ccc(C)c(Cl)c2)CC1. The van der Waals surface area contributed by atoms with E-state index in [-0.39, 0.29) is 23.6 Å². The van der Waals surface area contributed by atoms with Crippen molar-refractivity contribution in [2.24, 2.45) is 17.8 Å². The number of halogens is 2. The predicted molar refractivity (Wildman–Crippen MR) is 166 cm³/mol. The number of likely N-dealkylation sites (tertiary alicyclic amines) is 3. The lowest BCUT2D eigenvalue weighted by molar-refractivity contribution is -0.133. The molecule has 0 aromatic heterocycles. The van der Waals surface area contributed by atoms with Gasteiger partial charge in [-0.05, 0) is 96.7 Å². The largest absolute Gasteiger partial charge is 0.343 e. The van der Waals surface area contributed by atoms with E-state index in [0.717, 1.165) is 66.0 Å². The third-order valence-corrected chi connectivity index (χ3v) is 10.6. The number of carbonyl (C=O) groups is 3. The molecule has 220 valence electrons. The van der Waals surface area contributed by atoms with Crippen molar-refractivity contribution in [3.8, 4) is 0 Å². The van der Waals surface area contributed by atoms with Crippen LogP contribution in [0.2, 0.25) is 5.02 Å². The Kier molecular flexibility index (Phi) is 9.41.